The Morgan fingerprint density at radius 3 is 2.50 bits per heavy atom. The van der Waals surface area contributed by atoms with Gasteiger partial charge in [-0.05, 0) is 40.8 Å². The van der Waals surface area contributed by atoms with Crippen LogP contribution in [-0.4, -0.2) is 53.7 Å². The summed E-state index contributed by atoms with van der Waals surface area (Å²) >= 11 is 6.22. The molecule has 2 heterocycles. The topological polar surface area (TPSA) is 92.0 Å². The van der Waals surface area contributed by atoms with E-state index in [4.69, 9.17) is 16.3 Å². The number of carboxylic acid groups (broad SMARTS) is 1. The largest absolute Gasteiger partial charge is 0.477 e. The zero-order chi connectivity index (χ0) is 26.2. The lowest BCUT2D eigenvalue weighted by atomic mass is 9.86. The summed E-state index contributed by atoms with van der Waals surface area (Å²) in [6.07, 6.45) is 1.46. The number of benzene rings is 2. The van der Waals surface area contributed by atoms with E-state index < -0.39 is 28.7 Å². The summed E-state index contributed by atoms with van der Waals surface area (Å²) in [6.45, 7) is 8.07. The van der Waals surface area contributed by atoms with Crippen molar-refractivity contribution in [2.75, 3.05) is 37.8 Å². The molecule has 1 aliphatic rings. The van der Waals surface area contributed by atoms with Crippen LogP contribution in [-0.2, 0) is 11.2 Å². The van der Waals surface area contributed by atoms with E-state index in [1.807, 2.05) is 20.8 Å². The average molecular weight is 517 g/mol. The molecule has 192 valence electrons. The molecule has 2 aromatic carbocycles. The lowest BCUT2D eigenvalue weighted by Gasteiger charge is -2.32. The highest BCUT2D eigenvalue weighted by atomic mass is 35.5. The number of aliphatic hydroxyl groups is 1. The molecule has 0 aliphatic carbocycles. The number of hydrogen-bond acceptors (Lipinski definition) is 5. The van der Waals surface area contributed by atoms with Crippen LogP contribution in [0.15, 0.2) is 41.3 Å². The summed E-state index contributed by atoms with van der Waals surface area (Å²) in [5.74, 6) is -1.87. The van der Waals surface area contributed by atoms with Crippen LogP contribution >= 0.6 is 11.6 Å². The summed E-state index contributed by atoms with van der Waals surface area (Å²) in [5, 5.41) is 20.0. The second-order valence-electron chi connectivity index (χ2n) is 10.2. The van der Waals surface area contributed by atoms with Crippen LogP contribution in [0.1, 0.15) is 48.3 Å². The lowest BCUT2D eigenvalue weighted by molar-refractivity contribution is 0.0692. The van der Waals surface area contributed by atoms with Crippen LogP contribution in [0, 0.1) is 11.2 Å². The van der Waals surface area contributed by atoms with Crippen molar-refractivity contribution < 1.29 is 24.1 Å². The highest BCUT2D eigenvalue weighted by Gasteiger charge is 2.28. The third kappa shape index (κ3) is 5.12. The molecule has 4 rings (SSSR count). The van der Waals surface area contributed by atoms with Crippen LogP contribution in [0.5, 0.6) is 0 Å². The first kappa shape index (κ1) is 26.1. The molecule has 0 radical (unpaired) electrons. The zero-order valence-corrected chi connectivity index (χ0v) is 21.3. The minimum absolute atomic E-state index is 0.0151. The van der Waals surface area contributed by atoms with Crippen LogP contribution in [0.2, 0.25) is 5.02 Å². The number of morpholine rings is 1. The number of fused-ring (bicyclic) bond motifs is 1. The Kier molecular flexibility index (Phi) is 7.41. The number of carbonyl (C=O) groups is 1. The van der Waals surface area contributed by atoms with Crippen molar-refractivity contribution in [2.45, 2.75) is 33.2 Å². The monoisotopic (exact) mass is 516 g/mol. The number of nitrogens with zero attached hydrogens (tertiary/aromatic N) is 2. The number of anilines is 1. The molecular weight excluding hydrogens is 487 g/mol. The number of hydrogen-bond donors (Lipinski definition) is 2. The van der Waals surface area contributed by atoms with Crippen LogP contribution in [0.4, 0.5) is 10.1 Å². The maximum Gasteiger partial charge on any atom is 0.341 e. The van der Waals surface area contributed by atoms with E-state index in [9.17, 15) is 24.2 Å². The van der Waals surface area contributed by atoms with Crippen molar-refractivity contribution in [2.24, 2.45) is 5.41 Å². The minimum Gasteiger partial charge on any atom is -0.477 e. The quantitative estimate of drug-likeness (QED) is 0.501. The summed E-state index contributed by atoms with van der Waals surface area (Å²) in [7, 11) is 0. The fourth-order valence-corrected chi connectivity index (χ4v) is 4.92. The average Bonchev–Trinajstić information content (AvgIpc) is 2.83. The number of halogens is 2. The number of aromatic nitrogens is 1. The van der Waals surface area contributed by atoms with Gasteiger partial charge >= 0.3 is 5.97 Å². The molecule has 1 fully saturated rings. The van der Waals surface area contributed by atoms with Gasteiger partial charge in [0.25, 0.3) is 0 Å². The molecule has 1 aromatic heterocycles. The van der Waals surface area contributed by atoms with E-state index >= 15 is 0 Å². The van der Waals surface area contributed by atoms with Gasteiger partial charge in [0, 0.05) is 36.8 Å². The van der Waals surface area contributed by atoms with E-state index in [1.165, 1.54) is 6.20 Å². The Balaban J connectivity index is 1.82. The number of aromatic carboxylic acids is 1. The Morgan fingerprint density at radius 1 is 1.19 bits per heavy atom. The number of ether oxygens (including phenoxy) is 1. The highest BCUT2D eigenvalue weighted by Crippen LogP contribution is 2.33. The van der Waals surface area contributed by atoms with E-state index in [0.717, 1.165) is 5.69 Å². The summed E-state index contributed by atoms with van der Waals surface area (Å²) in [5.41, 5.74) is 0.897. The SMILES string of the molecule is CC(C)(C)[C@@H](CO)n1cc(C(=O)O)c(=O)c2cc(Cc3cc(N4CCOCC4)cc(Cl)c3F)ccc21. The number of carboxylic acids is 1. The van der Waals surface area contributed by atoms with Gasteiger partial charge < -0.3 is 24.4 Å². The van der Waals surface area contributed by atoms with E-state index in [-0.39, 0.29) is 29.0 Å². The minimum atomic E-state index is -1.34. The molecule has 1 aliphatic heterocycles. The molecule has 9 heteroatoms. The number of rotatable bonds is 6. The van der Waals surface area contributed by atoms with Gasteiger partial charge in [-0.3, -0.25) is 4.79 Å². The summed E-state index contributed by atoms with van der Waals surface area (Å²) in [4.78, 5) is 27.1. The van der Waals surface area contributed by atoms with Gasteiger partial charge in [-0.2, -0.15) is 0 Å². The van der Waals surface area contributed by atoms with E-state index in [0.29, 0.717) is 42.9 Å². The maximum absolute atomic E-state index is 15.0. The molecule has 7 nitrogen and oxygen atoms in total. The van der Waals surface area contributed by atoms with Gasteiger partial charge in [0.15, 0.2) is 0 Å². The molecule has 2 N–H and O–H groups in total. The maximum atomic E-state index is 15.0. The molecule has 1 atom stereocenters. The number of aliphatic hydroxyl groups excluding tert-OH is 1. The first-order valence-electron chi connectivity index (χ1n) is 11.8. The standard InChI is InChI=1S/C27H30ClFN2O5/c1-27(2,3)23(15-32)31-14-20(26(34)35)25(33)19-11-16(4-5-22(19)31)10-17-12-18(13-21(28)24(17)29)30-6-8-36-9-7-30/h4-5,11-14,23,32H,6-10,15H2,1-3H3,(H,34,35)/t23-/m1/s1. The van der Waals surface area contributed by atoms with Gasteiger partial charge in [0.05, 0.1) is 36.4 Å². The van der Waals surface area contributed by atoms with Crippen molar-refractivity contribution in [3.05, 3.63) is 74.3 Å². The van der Waals surface area contributed by atoms with Crippen LogP contribution in [0.25, 0.3) is 10.9 Å². The Hall–Kier alpha value is -2.94. The normalized spacial score (nSPS) is 15.3. The smallest absolute Gasteiger partial charge is 0.341 e. The summed E-state index contributed by atoms with van der Waals surface area (Å²) in [6, 6.07) is 8.00. The predicted octanol–water partition coefficient (Wildman–Crippen LogP) is 4.50. The third-order valence-corrected chi connectivity index (χ3v) is 6.97. The highest BCUT2D eigenvalue weighted by molar-refractivity contribution is 6.31. The molecular formula is C27H30ClFN2O5. The molecule has 0 saturated carbocycles. The van der Waals surface area contributed by atoms with Crippen molar-refractivity contribution in [3.8, 4) is 0 Å². The third-order valence-electron chi connectivity index (χ3n) is 6.69. The second kappa shape index (κ2) is 10.2. The zero-order valence-electron chi connectivity index (χ0n) is 20.6. The van der Waals surface area contributed by atoms with Gasteiger partial charge in [-0.1, -0.05) is 38.4 Å². The van der Waals surface area contributed by atoms with Crippen molar-refractivity contribution >= 4 is 34.2 Å². The molecule has 3 aromatic rings. The van der Waals surface area contributed by atoms with E-state index in [1.54, 1.807) is 34.9 Å². The Morgan fingerprint density at radius 2 is 1.89 bits per heavy atom. The summed E-state index contributed by atoms with van der Waals surface area (Å²) < 4.78 is 22.0. The van der Waals surface area contributed by atoms with Crippen LogP contribution in [0.3, 0.4) is 0 Å². The predicted molar refractivity (Wildman–Crippen MR) is 138 cm³/mol. The fraction of sp³-hybridized carbons (Fsp3) is 0.407. The Bertz CT molecular complexity index is 1360. The molecule has 0 spiro atoms. The first-order valence-corrected chi connectivity index (χ1v) is 12.2. The molecule has 0 bridgehead atoms. The van der Waals surface area contributed by atoms with Gasteiger partial charge in [-0.15, -0.1) is 0 Å². The van der Waals surface area contributed by atoms with Gasteiger partial charge in [0.2, 0.25) is 5.43 Å². The number of pyridine rings is 1. The second-order valence-corrected chi connectivity index (χ2v) is 10.6. The molecule has 1 saturated heterocycles. The van der Waals surface area contributed by atoms with Crippen molar-refractivity contribution in [1.29, 1.82) is 0 Å². The van der Waals surface area contributed by atoms with Crippen molar-refractivity contribution in [3.63, 3.8) is 0 Å². The Labute approximate surface area is 213 Å². The fourth-order valence-electron chi connectivity index (χ4n) is 4.68. The first-order chi connectivity index (χ1) is 17.0. The van der Waals surface area contributed by atoms with Gasteiger partial charge in [0.1, 0.15) is 11.4 Å². The lowest BCUT2D eigenvalue weighted by Crippen LogP contribution is -2.36. The van der Waals surface area contributed by atoms with Gasteiger partial charge in [-0.25, -0.2) is 9.18 Å². The van der Waals surface area contributed by atoms with Crippen LogP contribution < -0.4 is 10.3 Å². The molecule has 0 amide bonds. The van der Waals surface area contributed by atoms with E-state index in [2.05, 4.69) is 4.90 Å². The van der Waals surface area contributed by atoms with Crippen molar-refractivity contribution in [1.82, 2.24) is 4.57 Å². The molecule has 0 unspecified atom stereocenters. The molecule has 36 heavy (non-hydrogen) atoms.